The summed E-state index contributed by atoms with van der Waals surface area (Å²) in [4.78, 5) is 18.8. The van der Waals surface area contributed by atoms with Crippen LogP contribution in [-0.4, -0.2) is 39.0 Å². The van der Waals surface area contributed by atoms with E-state index in [-0.39, 0.29) is 0 Å². The van der Waals surface area contributed by atoms with Crippen molar-refractivity contribution in [2.24, 2.45) is 5.92 Å². The molecule has 1 fully saturated rings. The van der Waals surface area contributed by atoms with Gasteiger partial charge in [0.05, 0.1) is 5.69 Å². The van der Waals surface area contributed by atoms with E-state index >= 15 is 0 Å². The molecule has 0 radical (unpaired) electrons. The molecule has 1 heterocycles. The minimum Gasteiger partial charge on any atom is -0.480 e. The molecule has 4 nitrogen and oxygen atoms in total. The van der Waals surface area contributed by atoms with E-state index in [4.69, 9.17) is 12.2 Å². The van der Waals surface area contributed by atoms with Gasteiger partial charge in [0.15, 0.2) is 5.41 Å². The highest BCUT2D eigenvalue weighted by molar-refractivity contribution is 7.80. The Morgan fingerprint density at radius 3 is 2.54 bits per heavy atom. The Kier molecular flexibility index (Phi) is 6.33. The zero-order valence-electron chi connectivity index (χ0n) is 14.9. The van der Waals surface area contributed by atoms with E-state index in [2.05, 4.69) is 11.9 Å². The number of likely N-dealkylation sites (N-methyl/N-ethyl adjacent to an activating group) is 1. The molecule has 5 heteroatoms. The standard InChI is InChI=1S/C19H28N2O2S/c1-4-7-14-9-11-15(12-10-14)21(3)17(24)19(2,18(22)23)16-8-5-6-13-20-16/h5-6,8,13-15H,4,7,9-12H2,1-3H3,(H,22,23)/t14-,15-,19?. The molecule has 1 aromatic rings. The third-order valence-corrected chi connectivity index (χ3v) is 6.11. The number of carbonyl (C=O) groups is 1. The molecule has 1 aliphatic carbocycles. The van der Waals surface area contributed by atoms with Gasteiger partial charge in [0, 0.05) is 19.3 Å². The highest BCUT2D eigenvalue weighted by Crippen LogP contribution is 2.33. The fourth-order valence-corrected chi connectivity index (χ4v) is 4.06. The van der Waals surface area contributed by atoms with E-state index in [0.29, 0.717) is 16.7 Å². The first-order chi connectivity index (χ1) is 11.4. The monoisotopic (exact) mass is 348 g/mol. The van der Waals surface area contributed by atoms with Gasteiger partial charge in [-0.15, -0.1) is 0 Å². The highest BCUT2D eigenvalue weighted by Gasteiger charge is 2.44. The van der Waals surface area contributed by atoms with Crippen LogP contribution in [0.5, 0.6) is 0 Å². The summed E-state index contributed by atoms with van der Waals surface area (Å²) in [5.41, 5.74) is -0.778. The van der Waals surface area contributed by atoms with Crippen molar-refractivity contribution in [3.8, 4) is 0 Å². The van der Waals surface area contributed by atoms with Gasteiger partial charge in [-0.25, -0.2) is 0 Å². The Hall–Kier alpha value is -1.49. The van der Waals surface area contributed by atoms with E-state index in [0.717, 1.165) is 18.8 Å². The van der Waals surface area contributed by atoms with Gasteiger partial charge in [0.1, 0.15) is 4.99 Å². The number of thiocarbonyl (C=S) groups is 1. The van der Waals surface area contributed by atoms with Gasteiger partial charge < -0.3 is 10.0 Å². The van der Waals surface area contributed by atoms with Crippen molar-refractivity contribution in [2.45, 2.75) is 63.8 Å². The largest absolute Gasteiger partial charge is 0.480 e. The highest BCUT2D eigenvalue weighted by atomic mass is 32.1. The average Bonchev–Trinajstić information content (AvgIpc) is 2.61. The fourth-order valence-electron chi connectivity index (χ4n) is 3.72. The van der Waals surface area contributed by atoms with E-state index in [1.54, 1.807) is 25.3 Å². The van der Waals surface area contributed by atoms with Crippen LogP contribution in [0.4, 0.5) is 0 Å². The third-order valence-electron chi connectivity index (χ3n) is 5.41. The number of carboxylic acid groups (broad SMARTS) is 1. The van der Waals surface area contributed by atoms with Crippen molar-refractivity contribution in [3.63, 3.8) is 0 Å². The van der Waals surface area contributed by atoms with Gasteiger partial charge >= 0.3 is 5.97 Å². The molecule has 0 aliphatic heterocycles. The van der Waals surface area contributed by atoms with Crippen LogP contribution < -0.4 is 0 Å². The molecule has 1 aliphatic rings. The lowest BCUT2D eigenvalue weighted by atomic mass is 9.81. The Bertz CT molecular complexity index is 570. The third kappa shape index (κ3) is 3.77. The Labute approximate surface area is 150 Å². The number of hydrogen-bond acceptors (Lipinski definition) is 3. The smallest absolute Gasteiger partial charge is 0.322 e. The van der Waals surface area contributed by atoms with E-state index in [1.165, 1.54) is 25.7 Å². The molecular formula is C19H28N2O2S. The van der Waals surface area contributed by atoms with Crippen LogP contribution >= 0.6 is 12.2 Å². The second-order valence-electron chi connectivity index (χ2n) is 7.02. The lowest BCUT2D eigenvalue weighted by Gasteiger charge is -2.40. The first kappa shape index (κ1) is 18.8. The molecule has 0 bridgehead atoms. The quantitative estimate of drug-likeness (QED) is 0.786. The zero-order valence-corrected chi connectivity index (χ0v) is 15.7. The van der Waals surface area contributed by atoms with Crippen molar-refractivity contribution in [1.82, 2.24) is 9.88 Å². The van der Waals surface area contributed by atoms with Gasteiger partial charge in [0.2, 0.25) is 0 Å². The van der Waals surface area contributed by atoms with Gasteiger partial charge in [-0.05, 0) is 50.7 Å². The lowest BCUT2D eigenvalue weighted by Crippen LogP contribution is -2.51. The Morgan fingerprint density at radius 1 is 1.38 bits per heavy atom. The zero-order chi connectivity index (χ0) is 17.7. The number of rotatable bonds is 6. The van der Waals surface area contributed by atoms with Crippen LogP contribution in [0.25, 0.3) is 0 Å². The maximum atomic E-state index is 12.0. The van der Waals surface area contributed by atoms with Crippen LogP contribution in [0, 0.1) is 5.92 Å². The van der Waals surface area contributed by atoms with Crippen LogP contribution in [-0.2, 0) is 10.2 Å². The second kappa shape index (κ2) is 8.06. The molecule has 1 unspecified atom stereocenters. The molecule has 0 aromatic carbocycles. The predicted molar refractivity (Wildman–Crippen MR) is 100 cm³/mol. The SMILES string of the molecule is CCC[C@H]1CC[C@H](N(C)C(=S)C(C)(C(=O)O)c2ccccn2)CC1. The topological polar surface area (TPSA) is 53.4 Å². The summed E-state index contributed by atoms with van der Waals surface area (Å²) in [7, 11) is 1.94. The predicted octanol–water partition coefficient (Wildman–Crippen LogP) is 4.04. The fraction of sp³-hybridized carbons (Fsp3) is 0.632. The maximum Gasteiger partial charge on any atom is 0.322 e. The molecule has 2 rings (SSSR count). The summed E-state index contributed by atoms with van der Waals surface area (Å²) in [6.45, 7) is 3.90. The maximum absolute atomic E-state index is 12.0. The minimum atomic E-state index is -1.27. The van der Waals surface area contributed by atoms with Gasteiger partial charge in [0.25, 0.3) is 0 Å². The molecule has 0 saturated heterocycles. The van der Waals surface area contributed by atoms with Crippen LogP contribution in [0.3, 0.4) is 0 Å². The molecule has 132 valence electrons. The molecule has 1 saturated carbocycles. The molecule has 1 aromatic heterocycles. The van der Waals surface area contributed by atoms with Crippen molar-refractivity contribution in [2.75, 3.05) is 7.05 Å². The summed E-state index contributed by atoms with van der Waals surface area (Å²) >= 11 is 5.64. The first-order valence-electron chi connectivity index (χ1n) is 8.83. The molecular weight excluding hydrogens is 320 g/mol. The lowest BCUT2D eigenvalue weighted by molar-refractivity contribution is -0.140. The molecule has 24 heavy (non-hydrogen) atoms. The van der Waals surface area contributed by atoms with Crippen molar-refractivity contribution >= 4 is 23.2 Å². The first-order valence-corrected chi connectivity index (χ1v) is 9.24. The molecule has 0 spiro atoms. The summed E-state index contributed by atoms with van der Waals surface area (Å²) in [6.07, 6.45) is 8.73. The number of aliphatic carboxylic acids is 1. The molecule has 1 atom stereocenters. The summed E-state index contributed by atoms with van der Waals surface area (Å²) in [5, 5.41) is 9.86. The van der Waals surface area contributed by atoms with Gasteiger partial charge in [-0.1, -0.05) is 38.0 Å². The molecule has 1 N–H and O–H groups in total. The van der Waals surface area contributed by atoms with Crippen LogP contribution in [0.2, 0.25) is 0 Å². The van der Waals surface area contributed by atoms with Gasteiger partial charge in [-0.2, -0.15) is 0 Å². The minimum absolute atomic E-state index is 0.327. The van der Waals surface area contributed by atoms with E-state index in [1.807, 2.05) is 18.0 Å². The summed E-state index contributed by atoms with van der Waals surface area (Å²) in [5.74, 6) is -0.132. The van der Waals surface area contributed by atoms with E-state index in [9.17, 15) is 9.90 Å². The number of nitrogens with zero attached hydrogens (tertiary/aromatic N) is 2. The van der Waals surface area contributed by atoms with Crippen molar-refractivity contribution < 1.29 is 9.90 Å². The number of carboxylic acids is 1. The van der Waals surface area contributed by atoms with Gasteiger partial charge in [-0.3, -0.25) is 9.78 Å². The van der Waals surface area contributed by atoms with Crippen molar-refractivity contribution in [3.05, 3.63) is 30.1 Å². The Morgan fingerprint density at radius 2 is 2.04 bits per heavy atom. The van der Waals surface area contributed by atoms with Crippen LogP contribution in [0.1, 0.15) is 58.1 Å². The number of pyridine rings is 1. The number of aromatic nitrogens is 1. The van der Waals surface area contributed by atoms with E-state index < -0.39 is 11.4 Å². The summed E-state index contributed by atoms with van der Waals surface area (Å²) in [6, 6.07) is 5.66. The summed E-state index contributed by atoms with van der Waals surface area (Å²) < 4.78 is 0. The average molecular weight is 349 g/mol. The normalized spacial score (nSPS) is 23.3. The second-order valence-corrected chi connectivity index (χ2v) is 7.41. The van der Waals surface area contributed by atoms with Crippen LogP contribution in [0.15, 0.2) is 24.4 Å². The Balaban J connectivity index is 2.15. The molecule has 0 amide bonds. The van der Waals surface area contributed by atoms with Crippen molar-refractivity contribution in [1.29, 1.82) is 0 Å². The number of hydrogen-bond donors (Lipinski definition) is 1.